The first-order chi connectivity index (χ1) is 12.0. The van der Waals surface area contributed by atoms with Crippen molar-refractivity contribution in [3.8, 4) is 11.4 Å². The van der Waals surface area contributed by atoms with E-state index in [0.29, 0.717) is 24.2 Å². The zero-order valence-corrected chi connectivity index (χ0v) is 14.7. The van der Waals surface area contributed by atoms with Gasteiger partial charge >= 0.3 is 0 Å². The topological polar surface area (TPSA) is 101 Å². The smallest absolute Gasteiger partial charge is 0.238 e. The van der Waals surface area contributed by atoms with Crippen LogP contribution in [0.4, 0.5) is 5.69 Å². The molecule has 0 aliphatic heterocycles. The molecule has 0 spiro atoms. The van der Waals surface area contributed by atoms with Crippen molar-refractivity contribution >= 4 is 15.7 Å². The highest BCUT2D eigenvalue weighted by Crippen LogP contribution is 2.21. The van der Waals surface area contributed by atoms with Crippen molar-refractivity contribution in [1.29, 1.82) is 0 Å². The Labute approximate surface area is 147 Å². The Hall–Kier alpha value is -2.64. The number of primary sulfonamides is 1. The lowest BCUT2D eigenvalue weighted by Gasteiger charge is -2.10. The summed E-state index contributed by atoms with van der Waals surface area (Å²) < 4.78 is 23.5. The fraction of sp³-hybridized carbons (Fsp3) is 0.167. The molecule has 7 heteroatoms. The molecule has 0 saturated carbocycles. The summed E-state index contributed by atoms with van der Waals surface area (Å²) >= 11 is 0. The van der Waals surface area contributed by atoms with Gasteiger partial charge in [0, 0.05) is 11.3 Å². The lowest BCUT2D eigenvalue weighted by atomic mass is 10.1. The van der Waals surface area contributed by atoms with Gasteiger partial charge in [0.1, 0.15) is 5.82 Å². The number of benzene rings is 2. The maximum atomic E-state index is 11.7. The van der Waals surface area contributed by atoms with E-state index < -0.39 is 10.0 Å². The predicted octanol–water partition coefficient (Wildman–Crippen LogP) is 2.90. The van der Waals surface area contributed by atoms with Crippen LogP contribution in [0.25, 0.3) is 11.4 Å². The van der Waals surface area contributed by atoms with E-state index in [1.165, 1.54) is 0 Å². The van der Waals surface area contributed by atoms with Gasteiger partial charge in [-0.2, -0.15) is 0 Å². The Kier molecular flexibility index (Phi) is 4.87. The molecule has 4 N–H and O–H groups in total. The molecule has 0 bridgehead atoms. The molecular weight excluding hydrogens is 336 g/mol. The van der Waals surface area contributed by atoms with Gasteiger partial charge in [-0.15, -0.1) is 0 Å². The van der Waals surface area contributed by atoms with E-state index in [4.69, 9.17) is 5.14 Å². The van der Waals surface area contributed by atoms with Crippen LogP contribution in [0.5, 0.6) is 0 Å². The number of anilines is 1. The molecule has 3 aromatic rings. The van der Waals surface area contributed by atoms with Gasteiger partial charge in [-0.1, -0.05) is 43.3 Å². The van der Waals surface area contributed by atoms with Crippen LogP contribution in [-0.2, 0) is 23.0 Å². The monoisotopic (exact) mass is 356 g/mol. The number of rotatable bonds is 6. The lowest BCUT2D eigenvalue weighted by molar-refractivity contribution is 0.596. The van der Waals surface area contributed by atoms with Crippen LogP contribution in [0, 0.1) is 0 Å². The summed E-state index contributed by atoms with van der Waals surface area (Å²) in [4.78, 5) is 7.78. The van der Waals surface area contributed by atoms with E-state index >= 15 is 0 Å². The molecule has 6 nitrogen and oxygen atoms in total. The van der Waals surface area contributed by atoms with Crippen molar-refractivity contribution in [2.24, 2.45) is 5.14 Å². The highest BCUT2D eigenvalue weighted by atomic mass is 32.2. The number of H-pyrrole nitrogens is 1. The quantitative estimate of drug-likeness (QED) is 0.632. The number of imidazole rings is 1. The number of nitrogens with one attached hydrogen (secondary N) is 2. The molecule has 2 aromatic carbocycles. The maximum absolute atomic E-state index is 11.7. The zero-order valence-electron chi connectivity index (χ0n) is 13.9. The minimum absolute atomic E-state index is 0.162. The van der Waals surface area contributed by atoms with Crippen LogP contribution in [-0.4, -0.2) is 18.4 Å². The molecule has 0 saturated heterocycles. The molecule has 0 atom stereocenters. The molecule has 0 aliphatic rings. The summed E-state index contributed by atoms with van der Waals surface area (Å²) in [5, 5.41) is 8.50. The molecule has 25 heavy (non-hydrogen) atoms. The third kappa shape index (κ3) is 4.07. The third-order valence-electron chi connectivity index (χ3n) is 3.91. The largest absolute Gasteiger partial charge is 0.379 e. The van der Waals surface area contributed by atoms with Gasteiger partial charge in [-0.3, -0.25) is 0 Å². The van der Waals surface area contributed by atoms with Gasteiger partial charge in [0.15, 0.2) is 0 Å². The molecule has 0 radical (unpaired) electrons. The van der Waals surface area contributed by atoms with Gasteiger partial charge < -0.3 is 10.3 Å². The van der Waals surface area contributed by atoms with Crippen molar-refractivity contribution in [3.63, 3.8) is 0 Å². The van der Waals surface area contributed by atoms with Crippen LogP contribution >= 0.6 is 0 Å². The number of hydrogen-bond donors (Lipinski definition) is 3. The van der Waals surface area contributed by atoms with Crippen LogP contribution in [0.2, 0.25) is 0 Å². The highest BCUT2D eigenvalue weighted by Gasteiger charge is 2.13. The molecule has 1 heterocycles. The van der Waals surface area contributed by atoms with E-state index in [-0.39, 0.29) is 4.90 Å². The first-order valence-electron chi connectivity index (χ1n) is 7.96. The second kappa shape index (κ2) is 7.08. The summed E-state index contributed by atoms with van der Waals surface area (Å²) in [6, 6.07) is 15.0. The molecule has 1 aromatic heterocycles. The number of sulfonamides is 1. The molecule has 0 amide bonds. The fourth-order valence-corrected chi connectivity index (χ4v) is 3.48. The molecule has 0 aliphatic carbocycles. The van der Waals surface area contributed by atoms with Crippen LogP contribution in [0.1, 0.15) is 18.2 Å². The summed E-state index contributed by atoms with van der Waals surface area (Å²) in [6.45, 7) is 2.39. The molecular formula is C18H20N4O2S. The number of aryl methyl sites for hydroxylation is 1. The highest BCUT2D eigenvalue weighted by molar-refractivity contribution is 7.89. The van der Waals surface area contributed by atoms with Crippen LogP contribution in [0.3, 0.4) is 0 Å². The predicted molar refractivity (Wildman–Crippen MR) is 98.5 cm³/mol. The minimum Gasteiger partial charge on any atom is -0.379 e. The van der Waals surface area contributed by atoms with Crippen molar-refractivity contribution in [2.75, 3.05) is 5.32 Å². The second-order valence-corrected chi connectivity index (χ2v) is 7.23. The standard InChI is InChI=1S/C18H20N4O2S/c1-2-13-8-9-15(10-17(13)25(19,23)24)20-11-16-12-21-18(22-16)14-6-4-3-5-7-14/h3-10,12,20H,2,11H2,1H3,(H,21,22)(H2,19,23,24). The van der Waals surface area contributed by atoms with Gasteiger partial charge in [0.05, 0.1) is 23.3 Å². The number of nitrogens with two attached hydrogens (primary N) is 1. The Balaban J connectivity index is 1.75. The Morgan fingerprint density at radius 3 is 2.60 bits per heavy atom. The Bertz CT molecular complexity index is 966. The Morgan fingerprint density at radius 1 is 1.16 bits per heavy atom. The van der Waals surface area contributed by atoms with E-state index in [1.807, 2.05) is 43.3 Å². The number of hydrogen-bond acceptors (Lipinski definition) is 4. The average molecular weight is 356 g/mol. The van der Waals surface area contributed by atoms with Crippen molar-refractivity contribution in [1.82, 2.24) is 9.97 Å². The summed E-state index contributed by atoms with van der Waals surface area (Å²) in [5.74, 6) is 0.795. The van der Waals surface area contributed by atoms with Gasteiger partial charge in [0.25, 0.3) is 0 Å². The van der Waals surface area contributed by atoms with Crippen molar-refractivity contribution in [2.45, 2.75) is 24.8 Å². The molecule has 3 rings (SSSR count). The summed E-state index contributed by atoms with van der Waals surface area (Å²) in [7, 11) is -3.74. The zero-order chi connectivity index (χ0) is 17.9. The minimum atomic E-state index is -3.74. The van der Waals surface area contributed by atoms with E-state index in [0.717, 1.165) is 17.1 Å². The number of aromatic amines is 1. The van der Waals surface area contributed by atoms with Gasteiger partial charge in [0.2, 0.25) is 10.0 Å². The van der Waals surface area contributed by atoms with E-state index in [9.17, 15) is 8.42 Å². The van der Waals surface area contributed by atoms with E-state index in [1.54, 1.807) is 18.3 Å². The average Bonchev–Trinajstić information content (AvgIpc) is 3.09. The van der Waals surface area contributed by atoms with Crippen molar-refractivity contribution < 1.29 is 8.42 Å². The fourth-order valence-electron chi connectivity index (χ4n) is 2.61. The van der Waals surface area contributed by atoms with Gasteiger partial charge in [-0.25, -0.2) is 18.5 Å². The summed E-state index contributed by atoms with van der Waals surface area (Å²) in [5.41, 5.74) is 3.31. The van der Waals surface area contributed by atoms with Gasteiger partial charge in [-0.05, 0) is 24.1 Å². The van der Waals surface area contributed by atoms with Crippen molar-refractivity contribution in [3.05, 3.63) is 66.0 Å². The third-order valence-corrected chi connectivity index (χ3v) is 4.91. The lowest BCUT2D eigenvalue weighted by Crippen LogP contribution is -2.15. The van der Waals surface area contributed by atoms with E-state index in [2.05, 4.69) is 15.3 Å². The molecule has 0 fully saturated rings. The Morgan fingerprint density at radius 2 is 1.92 bits per heavy atom. The first kappa shape index (κ1) is 17.2. The normalized spacial score (nSPS) is 11.4. The van der Waals surface area contributed by atoms with Crippen LogP contribution in [0.15, 0.2) is 59.6 Å². The first-order valence-corrected chi connectivity index (χ1v) is 9.51. The maximum Gasteiger partial charge on any atom is 0.238 e. The number of aromatic nitrogens is 2. The molecule has 0 unspecified atom stereocenters. The summed E-state index contributed by atoms with van der Waals surface area (Å²) in [6.07, 6.45) is 2.36. The molecule has 130 valence electrons. The number of nitrogens with zero attached hydrogens (tertiary/aromatic N) is 1. The SMILES string of the molecule is CCc1ccc(NCc2cnc(-c3ccccc3)[nH]2)cc1S(N)(=O)=O. The second-order valence-electron chi connectivity index (χ2n) is 5.70. The van der Waals surface area contributed by atoms with Crippen LogP contribution < -0.4 is 10.5 Å².